The predicted octanol–water partition coefficient (Wildman–Crippen LogP) is 0.752. The summed E-state index contributed by atoms with van der Waals surface area (Å²) in [6.07, 6.45) is 4.26. The van der Waals surface area contributed by atoms with E-state index < -0.39 is 15.9 Å². The summed E-state index contributed by atoms with van der Waals surface area (Å²) in [4.78, 5) is 19.2. The molecule has 0 aromatic rings. The van der Waals surface area contributed by atoms with Gasteiger partial charge in [-0.05, 0) is 0 Å². The standard InChI is InChI=1S/C6H6N2O4/c9-7(10)5-3-1-2-4-6(5)8(11)12/h1-3,6H,4H2/t6-/m1/s1. The van der Waals surface area contributed by atoms with Gasteiger partial charge < -0.3 is 0 Å². The third-order valence-corrected chi connectivity index (χ3v) is 1.57. The third-order valence-electron chi connectivity index (χ3n) is 1.57. The molecule has 6 nitrogen and oxygen atoms in total. The Balaban J connectivity index is 2.91. The van der Waals surface area contributed by atoms with Crippen molar-refractivity contribution in [2.24, 2.45) is 0 Å². The first kappa shape index (κ1) is 8.38. The summed E-state index contributed by atoms with van der Waals surface area (Å²) in [6, 6.07) is -1.19. The van der Waals surface area contributed by atoms with E-state index >= 15 is 0 Å². The minimum atomic E-state index is -1.19. The highest BCUT2D eigenvalue weighted by Gasteiger charge is 2.34. The molecule has 0 saturated carbocycles. The lowest BCUT2D eigenvalue weighted by Gasteiger charge is -2.06. The summed E-state index contributed by atoms with van der Waals surface area (Å²) >= 11 is 0. The van der Waals surface area contributed by atoms with E-state index in [9.17, 15) is 20.2 Å². The summed E-state index contributed by atoms with van der Waals surface area (Å²) < 4.78 is 0. The van der Waals surface area contributed by atoms with Gasteiger partial charge in [0.05, 0.1) is 4.92 Å². The van der Waals surface area contributed by atoms with Gasteiger partial charge >= 0.3 is 11.7 Å². The highest BCUT2D eigenvalue weighted by Crippen LogP contribution is 2.15. The van der Waals surface area contributed by atoms with Crippen LogP contribution in [0.5, 0.6) is 0 Å². The molecule has 0 heterocycles. The highest BCUT2D eigenvalue weighted by atomic mass is 16.6. The summed E-state index contributed by atoms with van der Waals surface area (Å²) in [5.41, 5.74) is -0.345. The fraction of sp³-hybridized carbons (Fsp3) is 0.333. The van der Waals surface area contributed by atoms with E-state index in [1.807, 2.05) is 0 Å². The van der Waals surface area contributed by atoms with Gasteiger partial charge in [-0.1, -0.05) is 12.2 Å². The highest BCUT2D eigenvalue weighted by molar-refractivity contribution is 5.16. The lowest BCUT2D eigenvalue weighted by Crippen LogP contribution is -2.26. The average molecular weight is 170 g/mol. The SMILES string of the molecule is O=[N+]([O-])C1=CC=CC[C@H]1[N+](=O)[O-]. The van der Waals surface area contributed by atoms with Crippen LogP contribution in [0.1, 0.15) is 6.42 Å². The molecule has 0 unspecified atom stereocenters. The second kappa shape index (κ2) is 3.12. The minimum absolute atomic E-state index is 0.0970. The Labute approximate surface area is 67.5 Å². The number of hydrogen-bond donors (Lipinski definition) is 0. The first-order valence-corrected chi connectivity index (χ1v) is 3.27. The van der Waals surface area contributed by atoms with Crippen LogP contribution >= 0.6 is 0 Å². The largest absolute Gasteiger partial charge is 0.319 e. The van der Waals surface area contributed by atoms with E-state index in [2.05, 4.69) is 0 Å². The molecule has 0 radical (unpaired) electrons. The lowest BCUT2D eigenvalue weighted by molar-refractivity contribution is -0.554. The van der Waals surface area contributed by atoms with E-state index in [4.69, 9.17) is 0 Å². The van der Waals surface area contributed by atoms with Crippen molar-refractivity contribution in [2.45, 2.75) is 12.5 Å². The average Bonchev–Trinajstić information content (AvgIpc) is 2.04. The lowest BCUT2D eigenvalue weighted by atomic mass is 10.1. The maximum Gasteiger partial charge on any atom is 0.319 e. The Morgan fingerprint density at radius 3 is 2.50 bits per heavy atom. The van der Waals surface area contributed by atoms with Crippen molar-refractivity contribution in [3.63, 3.8) is 0 Å². The first-order valence-electron chi connectivity index (χ1n) is 3.27. The molecule has 64 valence electrons. The number of rotatable bonds is 2. The Bertz CT molecular complexity index is 281. The molecule has 0 aromatic heterocycles. The normalized spacial score (nSPS) is 21.7. The molecule has 0 fully saturated rings. The molecular weight excluding hydrogens is 164 g/mol. The van der Waals surface area contributed by atoms with Crippen LogP contribution in [-0.4, -0.2) is 15.9 Å². The van der Waals surface area contributed by atoms with Gasteiger partial charge in [-0.3, -0.25) is 20.2 Å². The smallest absolute Gasteiger partial charge is 0.264 e. The molecular formula is C6H6N2O4. The molecule has 0 saturated heterocycles. The quantitative estimate of drug-likeness (QED) is 0.452. The fourth-order valence-corrected chi connectivity index (χ4v) is 0.983. The maximum absolute atomic E-state index is 10.3. The predicted molar refractivity (Wildman–Crippen MR) is 39.6 cm³/mol. The van der Waals surface area contributed by atoms with Crippen LogP contribution < -0.4 is 0 Å². The summed E-state index contributed by atoms with van der Waals surface area (Å²) in [6.45, 7) is 0. The van der Waals surface area contributed by atoms with Gasteiger partial charge in [-0.25, -0.2) is 0 Å². The number of hydrogen-bond acceptors (Lipinski definition) is 4. The molecule has 1 aliphatic carbocycles. The molecule has 0 amide bonds. The van der Waals surface area contributed by atoms with Crippen molar-refractivity contribution >= 4 is 0 Å². The summed E-state index contributed by atoms with van der Waals surface area (Å²) in [7, 11) is 0. The molecule has 1 rings (SSSR count). The van der Waals surface area contributed by atoms with Crippen molar-refractivity contribution in [3.05, 3.63) is 44.2 Å². The topological polar surface area (TPSA) is 86.3 Å². The Morgan fingerprint density at radius 1 is 1.42 bits per heavy atom. The van der Waals surface area contributed by atoms with Gasteiger partial charge in [-0.15, -0.1) is 0 Å². The molecule has 6 heteroatoms. The van der Waals surface area contributed by atoms with Crippen molar-refractivity contribution in [1.29, 1.82) is 0 Å². The number of allylic oxidation sites excluding steroid dienone is 2. The van der Waals surface area contributed by atoms with Crippen LogP contribution in [0, 0.1) is 20.2 Å². The second-order valence-electron chi connectivity index (χ2n) is 2.31. The van der Waals surface area contributed by atoms with Crippen molar-refractivity contribution in [2.75, 3.05) is 0 Å². The van der Waals surface area contributed by atoms with Crippen LogP contribution in [0.25, 0.3) is 0 Å². The monoisotopic (exact) mass is 170 g/mol. The Morgan fingerprint density at radius 2 is 2.08 bits per heavy atom. The zero-order chi connectivity index (χ0) is 9.14. The number of nitrogens with zero attached hydrogens (tertiary/aromatic N) is 2. The van der Waals surface area contributed by atoms with E-state index in [0.717, 1.165) is 6.08 Å². The second-order valence-corrected chi connectivity index (χ2v) is 2.31. The zero-order valence-corrected chi connectivity index (χ0v) is 6.04. The van der Waals surface area contributed by atoms with E-state index in [1.54, 1.807) is 6.08 Å². The van der Waals surface area contributed by atoms with Gasteiger partial charge in [0.25, 0.3) is 0 Å². The number of nitro groups is 2. The molecule has 0 N–H and O–H groups in total. The van der Waals surface area contributed by atoms with Crippen molar-refractivity contribution < 1.29 is 9.85 Å². The van der Waals surface area contributed by atoms with E-state index in [0.29, 0.717) is 0 Å². The maximum atomic E-state index is 10.3. The minimum Gasteiger partial charge on any atom is -0.264 e. The molecule has 1 atom stereocenters. The molecule has 0 aliphatic heterocycles. The Hall–Kier alpha value is -1.72. The van der Waals surface area contributed by atoms with Gasteiger partial charge in [0.2, 0.25) is 0 Å². The van der Waals surface area contributed by atoms with Gasteiger partial charge in [0, 0.05) is 17.4 Å². The van der Waals surface area contributed by atoms with Gasteiger partial charge in [0.15, 0.2) is 0 Å². The van der Waals surface area contributed by atoms with E-state index in [1.165, 1.54) is 6.08 Å². The van der Waals surface area contributed by atoms with Crippen LogP contribution in [0.4, 0.5) is 0 Å². The van der Waals surface area contributed by atoms with Crippen LogP contribution in [-0.2, 0) is 0 Å². The molecule has 12 heavy (non-hydrogen) atoms. The van der Waals surface area contributed by atoms with Crippen LogP contribution in [0.3, 0.4) is 0 Å². The van der Waals surface area contributed by atoms with E-state index in [-0.39, 0.29) is 12.1 Å². The zero-order valence-electron chi connectivity index (χ0n) is 6.04. The summed E-state index contributed by atoms with van der Waals surface area (Å²) in [5, 5.41) is 20.6. The molecule has 0 bridgehead atoms. The van der Waals surface area contributed by atoms with Gasteiger partial charge in [-0.2, -0.15) is 0 Å². The molecule has 1 aliphatic rings. The third kappa shape index (κ3) is 1.47. The first-order chi connectivity index (χ1) is 5.63. The fourth-order valence-electron chi connectivity index (χ4n) is 0.983. The van der Waals surface area contributed by atoms with Crippen molar-refractivity contribution in [1.82, 2.24) is 0 Å². The van der Waals surface area contributed by atoms with Crippen LogP contribution in [0.15, 0.2) is 23.9 Å². The van der Waals surface area contributed by atoms with Gasteiger partial charge in [0.1, 0.15) is 0 Å². The van der Waals surface area contributed by atoms with Crippen LogP contribution in [0.2, 0.25) is 0 Å². The summed E-state index contributed by atoms with van der Waals surface area (Å²) in [5.74, 6) is 0. The molecule has 0 spiro atoms. The molecule has 0 aromatic carbocycles. The van der Waals surface area contributed by atoms with Crippen molar-refractivity contribution in [3.8, 4) is 0 Å². The Kier molecular flexibility index (Phi) is 2.18.